The third-order valence-corrected chi connectivity index (χ3v) is 5.03. The molecule has 0 N–H and O–H groups in total. The van der Waals surface area contributed by atoms with Gasteiger partial charge in [-0.2, -0.15) is 0 Å². The third kappa shape index (κ3) is 5.23. The van der Waals surface area contributed by atoms with Crippen LogP contribution in [0, 0.1) is 16.0 Å². The number of non-ortho nitro benzene ring substituents is 1. The van der Waals surface area contributed by atoms with Gasteiger partial charge < -0.3 is 4.74 Å². The highest BCUT2D eigenvalue weighted by molar-refractivity contribution is 8.18. The first-order chi connectivity index (χ1) is 13.8. The average molecular weight is 412 g/mol. The Balaban J connectivity index is 1.68. The van der Waals surface area contributed by atoms with Crippen LogP contribution in [0.25, 0.3) is 6.08 Å². The molecule has 0 bridgehead atoms. The van der Waals surface area contributed by atoms with Crippen molar-refractivity contribution in [2.45, 2.75) is 20.4 Å². The molecule has 2 amide bonds. The Bertz CT molecular complexity index is 952. The summed E-state index contributed by atoms with van der Waals surface area (Å²) in [5, 5.41) is 10.4. The van der Waals surface area contributed by atoms with Crippen LogP contribution in [-0.4, -0.2) is 27.6 Å². The molecule has 0 radical (unpaired) electrons. The van der Waals surface area contributed by atoms with Crippen LogP contribution < -0.4 is 4.74 Å². The number of nitro groups is 1. The van der Waals surface area contributed by atoms with E-state index in [1.54, 1.807) is 18.2 Å². The summed E-state index contributed by atoms with van der Waals surface area (Å²) in [4.78, 5) is 36.6. The fourth-order valence-electron chi connectivity index (χ4n) is 2.62. The van der Waals surface area contributed by atoms with Crippen LogP contribution in [0.2, 0.25) is 0 Å². The molecule has 1 aliphatic heterocycles. The number of imide groups is 1. The van der Waals surface area contributed by atoms with Crippen molar-refractivity contribution >= 4 is 34.7 Å². The summed E-state index contributed by atoms with van der Waals surface area (Å²) in [7, 11) is 0. The average Bonchev–Trinajstić information content (AvgIpc) is 2.95. The Hall–Kier alpha value is -3.13. The summed E-state index contributed by atoms with van der Waals surface area (Å²) in [5.41, 5.74) is 1.40. The SMILES string of the molecule is CC(C)COc1ccc(/C=C2\SC(=O)N(Cc3ccc([N+](=O)[O-])cc3)C2=O)cc1. The van der Waals surface area contributed by atoms with Crippen molar-refractivity contribution in [2.24, 2.45) is 5.92 Å². The largest absolute Gasteiger partial charge is 0.493 e. The molecule has 8 heteroatoms. The van der Waals surface area contributed by atoms with Crippen LogP contribution in [0.1, 0.15) is 25.0 Å². The van der Waals surface area contributed by atoms with Crippen LogP contribution in [0.15, 0.2) is 53.4 Å². The molecule has 150 valence electrons. The number of rotatable bonds is 7. The van der Waals surface area contributed by atoms with Gasteiger partial charge in [0, 0.05) is 12.1 Å². The van der Waals surface area contributed by atoms with E-state index in [0.717, 1.165) is 28.0 Å². The summed E-state index contributed by atoms with van der Waals surface area (Å²) in [5.74, 6) is 0.803. The van der Waals surface area contributed by atoms with Crippen molar-refractivity contribution < 1.29 is 19.2 Å². The quantitative estimate of drug-likeness (QED) is 0.366. The number of carbonyl (C=O) groups is 2. The molecule has 0 atom stereocenters. The molecule has 1 saturated heterocycles. The minimum Gasteiger partial charge on any atom is -0.493 e. The molecule has 0 unspecified atom stereocenters. The fraction of sp³-hybridized carbons (Fsp3) is 0.238. The number of nitrogens with zero attached hydrogens (tertiary/aromatic N) is 2. The van der Waals surface area contributed by atoms with Crippen LogP contribution in [0.3, 0.4) is 0 Å². The van der Waals surface area contributed by atoms with E-state index >= 15 is 0 Å². The summed E-state index contributed by atoms with van der Waals surface area (Å²) in [6, 6.07) is 13.1. The van der Waals surface area contributed by atoms with E-state index in [4.69, 9.17) is 4.74 Å². The van der Waals surface area contributed by atoms with Gasteiger partial charge >= 0.3 is 0 Å². The van der Waals surface area contributed by atoms with Crippen molar-refractivity contribution in [1.82, 2.24) is 4.90 Å². The second-order valence-electron chi connectivity index (χ2n) is 6.97. The van der Waals surface area contributed by atoms with Gasteiger partial charge in [-0.05, 0) is 47.0 Å². The number of benzene rings is 2. The predicted octanol–water partition coefficient (Wildman–Crippen LogP) is 4.87. The molecular weight excluding hydrogens is 392 g/mol. The molecule has 3 rings (SSSR count). The van der Waals surface area contributed by atoms with Gasteiger partial charge in [-0.1, -0.05) is 38.1 Å². The second kappa shape index (κ2) is 8.91. The van der Waals surface area contributed by atoms with Gasteiger partial charge in [0.2, 0.25) is 0 Å². The highest BCUT2D eigenvalue weighted by Crippen LogP contribution is 2.33. The smallest absolute Gasteiger partial charge is 0.293 e. The Labute approximate surface area is 172 Å². The van der Waals surface area contributed by atoms with Crippen molar-refractivity contribution in [3.8, 4) is 5.75 Å². The molecule has 2 aromatic carbocycles. The number of thioether (sulfide) groups is 1. The van der Waals surface area contributed by atoms with E-state index in [9.17, 15) is 19.7 Å². The van der Waals surface area contributed by atoms with Crippen LogP contribution in [0.5, 0.6) is 5.75 Å². The standard InChI is InChI=1S/C21H20N2O5S/c1-14(2)13-28-18-9-5-15(6-10-18)11-19-20(24)22(21(25)29-19)12-16-3-7-17(8-4-16)23(26)27/h3-11,14H,12-13H2,1-2H3/b19-11-. The fourth-order valence-corrected chi connectivity index (χ4v) is 3.45. The van der Waals surface area contributed by atoms with Gasteiger partial charge in [-0.15, -0.1) is 0 Å². The van der Waals surface area contributed by atoms with Crippen molar-refractivity contribution in [3.63, 3.8) is 0 Å². The second-order valence-corrected chi connectivity index (χ2v) is 7.96. The molecular formula is C21H20N2O5S. The zero-order valence-electron chi connectivity index (χ0n) is 16.0. The van der Waals surface area contributed by atoms with Crippen LogP contribution in [0.4, 0.5) is 10.5 Å². The molecule has 1 fully saturated rings. The molecule has 0 aliphatic carbocycles. The topological polar surface area (TPSA) is 89.8 Å². The molecule has 0 aromatic heterocycles. The molecule has 0 saturated carbocycles. The minimum atomic E-state index is -0.494. The van der Waals surface area contributed by atoms with E-state index in [-0.39, 0.29) is 23.4 Å². The first kappa shape index (κ1) is 20.6. The first-order valence-corrected chi connectivity index (χ1v) is 9.86. The number of hydrogen-bond acceptors (Lipinski definition) is 6. The van der Waals surface area contributed by atoms with Gasteiger partial charge in [0.25, 0.3) is 16.8 Å². The third-order valence-electron chi connectivity index (χ3n) is 4.12. The van der Waals surface area contributed by atoms with Gasteiger partial charge in [-0.3, -0.25) is 24.6 Å². The van der Waals surface area contributed by atoms with Crippen LogP contribution >= 0.6 is 11.8 Å². The lowest BCUT2D eigenvalue weighted by Gasteiger charge is -2.12. The van der Waals surface area contributed by atoms with E-state index in [1.807, 2.05) is 24.3 Å². The van der Waals surface area contributed by atoms with Gasteiger partial charge in [0.1, 0.15) is 5.75 Å². The number of amides is 2. The maximum atomic E-state index is 12.6. The first-order valence-electron chi connectivity index (χ1n) is 9.05. The monoisotopic (exact) mass is 412 g/mol. The number of carbonyl (C=O) groups excluding carboxylic acids is 2. The molecule has 7 nitrogen and oxygen atoms in total. The van der Waals surface area contributed by atoms with Gasteiger partial charge in [-0.25, -0.2) is 0 Å². The van der Waals surface area contributed by atoms with E-state index < -0.39 is 4.92 Å². The molecule has 1 aliphatic rings. The zero-order chi connectivity index (χ0) is 21.0. The zero-order valence-corrected chi connectivity index (χ0v) is 16.8. The minimum absolute atomic E-state index is 0.0383. The van der Waals surface area contributed by atoms with E-state index in [1.165, 1.54) is 12.1 Å². The molecule has 29 heavy (non-hydrogen) atoms. The molecule has 0 spiro atoms. The van der Waals surface area contributed by atoms with E-state index in [2.05, 4.69) is 13.8 Å². The highest BCUT2D eigenvalue weighted by atomic mass is 32.2. The lowest BCUT2D eigenvalue weighted by Crippen LogP contribution is -2.27. The molecule has 1 heterocycles. The Morgan fingerprint density at radius 3 is 2.34 bits per heavy atom. The van der Waals surface area contributed by atoms with Gasteiger partial charge in [0.15, 0.2) is 0 Å². The Morgan fingerprint density at radius 1 is 1.10 bits per heavy atom. The lowest BCUT2D eigenvalue weighted by atomic mass is 10.2. The maximum Gasteiger partial charge on any atom is 0.293 e. The highest BCUT2D eigenvalue weighted by Gasteiger charge is 2.35. The normalized spacial score (nSPS) is 15.4. The van der Waals surface area contributed by atoms with Crippen molar-refractivity contribution in [1.29, 1.82) is 0 Å². The lowest BCUT2D eigenvalue weighted by molar-refractivity contribution is -0.384. The van der Waals surface area contributed by atoms with Crippen molar-refractivity contribution in [3.05, 3.63) is 74.7 Å². The summed E-state index contributed by atoms with van der Waals surface area (Å²) in [6.45, 7) is 4.84. The predicted molar refractivity (Wildman–Crippen MR) is 111 cm³/mol. The number of nitro benzene ring substituents is 1. The number of ether oxygens (including phenoxy) is 1. The van der Waals surface area contributed by atoms with Gasteiger partial charge in [0.05, 0.1) is 23.0 Å². The summed E-state index contributed by atoms with van der Waals surface area (Å²) >= 11 is 0.881. The van der Waals surface area contributed by atoms with Crippen molar-refractivity contribution in [2.75, 3.05) is 6.61 Å². The maximum absolute atomic E-state index is 12.6. The Kier molecular flexibility index (Phi) is 6.33. The number of hydrogen-bond donors (Lipinski definition) is 0. The summed E-state index contributed by atoms with van der Waals surface area (Å²) in [6.07, 6.45) is 1.67. The summed E-state index contributed by atoms with van der Waals surface area (Å²) < 4.78 is 5.64. The van der Waals surface area contributed by atoms with E-state index in [0.29, 0.717) is 23.0 Å². The van der Waals surface area contributed by atoms with Crippen LogP contribution in [-0.2, 0) is 11.3 Å². The molecule has 2 aromatic rings. The Morgan fingerprint density at radius 2 is 1.76 bits per heavy atom.